The van der Waals surface area contributed by atoms with E-state index < -0.39 is 23.8 Å². The lowest BCUT2D eigenvalue weighted by molar-refractivity contribution is -0.153. The number of rotatable bonds is 8. The zero-order chi connectivity index (χ0) is 30.2. The van der Waals surface area contributed by atoms with E-state index in [1.54, 1.807) is 11.1 Å². The summed E-state index contributed by atoms with van der Waals surface area (Å²) >= 11 is 3.74. The van der Waals surface area contributed by atoms with Gasteiger partial charge in [0.2, 0.25) is 5.91 Å². The summed E-state index contributed by atoms with van der Waals surface area (Å²) in [4.78, 5) is 48.2. The molecule has 43 heavy (non-hydrogen) atoms. The molecule has 1 aromatic heterocycles. The van der Waals surface area contributed by atoms with Crippen molar-refractivity contribution in [3.05, 3.63) is 81.3 Å². The molecule has 9 nitrogen and oxygen atoms in total. The second-order valence-electron chi connectivity index (χ2n) is 12.0. The van der Waals surface area contributed by atoms with Crippen LogP contribution in [0, 0.1) is 11.8 Å². The molecule has 0 spiro atoms. The van der Waals surface area contributed by atoms with E-state index in [2.05, 4.69) is 39.3 Å². The molecule has 0 unspecified atom stereocenters. The molecule has 10 heteroatoms. The third-order valence-corrected chi connectivity index (χ3v) is 9.95. The number of carboxylic acid groups (broad SMARTS) is 1. The lowest BCUT2D eigenvalue weighted by Gasteiger charge is -2.43. The number of aromatic nitrogens is 2. The van der Waals surface area contributed by atoms with Crippen LogP contribution in [0.2, 0.25) is 0 Å². The molecule has 1 fully saturated rings. The molecule has 2 aromatic carbocycles. The normalized spacial score (nSPS) is 21.6. The number of hydrogen-bond acceptors (Lipinski definition) is 5. The highest BCUT2D eigenvalue weighted by molar-refractivity contribution is 9.10. The molecule has 3 aliphatic rings. The van der Waals surface area contributed by atoms with Crippen LogP contribution in [0.25, 0.3) is 0 Å². The van der Waals surface area contributed by atoms with Gasteiger partial charge in [0.1, 0.15) is 18.2 Å². The van der Waals surface area contributed by atoms with E-state index in [1.807, 2.05) is 47.5 Å². The van der Waals surface area contributed by atoms with Gasteiger partial charge in [-0.05, 0) is 62.4 Å². The first kappa shape index (κ1) is 29.4. The molecule has 226 valence electrons. The number of hydrogen-bond donors (Lipinski definition) is 1. The quantitative estimate of drug-likeness (QED) is 0.332. The van der Waals surface area contributed by atoms with Gasteiger partial charge in [-0.1, -0.05) is 47.0 Å². The van der Waals surface area contributed by atoms with Crippen molar-refractivity contribution in [1.82, 2.24) is 19.4 Å². The van der Waals surface area contributed by atoms with Crippen molar-refractivity contribution in [3.8, 4) is 5.75 Å². The fourth-order valence-electron chi connectivity index (χ4n) is 7.03. The van der Waals surface area contributed by atoms with Gasteiger partial charge in [-0.3, -0.25) is 14.4 Å². The Morgan fingerprint density at radius 3 is 2.63 bits per heavy atom. The summed E-state index contributed by atoms with van der Waals surface area (Å²) in [6.45, 7) is 5.61. The minimum Gasteiger partial charge on any atom is -0.485 e. The fraction of sp³-hybridized carbons (Fsp3) is 0.455. The van der Waals surface area contributed by atoms with Crippen molar-refractivity contribution >= 4 is 33.7 Å². The molecule has 1 saturated carbocycles. The number of aliphatic carboxylic acids is 1. The molecule has 3 heterocycles. The number of ether oxygens (including phenoxy) is 1. The SMILES string of the molecule is CC(C)n1ccnc1COc1ccc(Br)c2c1[C@@H](CN1Cc3ccccc3C1=O)N(C(=O)[C@@H]1CCCC[C@@H]1C(=O)O)CC2. The summed E-state index contributed by atoms with van der Waals surface area (Å²) in [5, 5.41) is 9.99. The number of carboxylic acids is 1. The average Bonchev–Trinajstić information content (AvgIpc) is 3.61. The largest absolute Gasteiger partial charge is 0.485 e. The number of benzene rings is 2. The molecule has 2 aliphatic heterocycles. The molecule has 3 atom stereocenters. The predicted octanol–water partition coefficient (Wildman–Crippen LogP) is 5.78. The molecular weight excluding hydrogens is 612 g/mol. The summed E-state index contributed by atoms with van der Waals surface area (Å²) < 4.78 is 9.46. The molecular formula is C33H37BrN4O5. The van der Waals surface area contributed by atoms with E-state index in [-0.39, 0.29) is 31.0 Å². The fourth-order valence-corrected chi connectivity index (χ4v) is 7.58. The third-order valence-electron chi connectivity index (χ3n) is 9.21. The molecule has 0 saturated heterocycles. The highest BCUT2D eigenvalue weighted by atomic mass is 79.9. The minimum atomic E-state index is -0.912. The van der Waals surface area contributed by atoms with Gasteiger partial charge in [0.15, 0.2) is 0 Å². The lowest BCUT2D eigenvalue weighted by Crippen LogP contribution is -2.50. The van der Waals surface area contributed by atoms with Crippen LogP contribution in [0.4, 0.5) is 0 Å². The number of halogens is 1. The first-order chi connectivity index (χ1) is 20.7. The van der Waals surface area contributed by atoms with E-state index in [1.165, 1.54) is 0 Å². The first-order valence-electron chi connectivity index (χ1n) is 15.1. The Morgan fingerprint density at radius 2 is 1.88 bits per heavy atom. The molecule has 6 rings (SSSR count). The van der Waals surface area contributed by atoms with Gasteiger partial charge in [-0.2, -0.15) is 0 Å². The minimum absolute atomic E-state index is 0.0624. The Hall–Kier alpha value is -3.66. The maximum atomic E-state index is 14.3. The number of nitrogens with zero attached hydrogens (tertiary/aromatic N) is 4. The predicted molar refractivity (Wildman–Crippen MR) is 164 cm³/mol. The summed E-state index contributed by atoms with van der Waals surface area (Å²) in [6.07, 6.45) is 6.99. The van der Waals surface area contributed by atoms with E-state index in [0.29, 0.717) is 43.7 Å². The van der Waals surface area contributed by atoms with Crippen LogP contribution in [0.3, 0.4) is 0 Å². The molecule has 3 aromatic rings. The maximum Gasteiger partial charge on any atom is 0.307 e. The van der Waals surface area contributed by atoms with Gasteiger partial charge in [0, 0.05) is 53.7 Å². The van der Waals surface area contributed by atoms with Crippen LogP contribution in [-0.4, -0.2) is 55.3 Å². The second kappa shape index (κ2) is 12.1. The molecule has 1 N–H and O–H groups in total. The van der Waals surface area contributed by atoms with Gasteiger partial charge >= 0.3 is 5.97 Å². The first-order valence-corrected chi connectivity index (χ1v) is 15.9. The number of imidazole rings is 1. The number of fused-ring (bicyclic) bond motifs is 2. The number of carbonyl (C=O) groups is 3. The number of carbonyl (C=O) groups excluding carboxylic acids is 2. The lowest BCUT2D eigenvalue weighted by atomic mass is 9.77. The second-order valence-corrected chi connectivity index (χ2v) is 12.9. The van der Waals surface area contributed by atoms with E-state index >= 15 is 0 Å². The van der Waals surface area contributed by atoms with Gasteiger partial charge in [-0.25, -0.2) is 4.98 Å². The van der Waals surface area contributed by atoms with Crippen LogP contribution < -0.4 is 4.74 Å². The Labute approximate surface area is 260 Å². The Bertz CT molecular complexity index is 1550. The molecule has 0 radical (unpaired) electrons. The Balaban J connectivity index is 1.38. The third kappa shape index (κ3) is 5.57. The van der Waals surface area contributed by atoms with Crippen molar-refractivity contribution < 1.29 is 24.2 Å². The highest BCUT2D eigenvalue weighted by Gasteiger charge is 2.44. The summed E-state index contributed by atoms with van der Waals surface area (Å²) in [5.41, 5.74) is 3.55. The maximum absolute atomic E-state index is 14.3. The van der Waals surface area contributed by atoms with Gasteiger partial charge in [0.05, 0.1) is 17.9 Å². The summed E-state index contributed by atoms with van der Waals surface area (Å²) in [7, 11) is 0. The van der Waals surface area contributed by atoms with Gasteiger partial charge in [0.25, 0.3) is 5.91 Å². The highest BCUT2D eigenvalue weighted by Crippen LogP contribution is 2.44. The van der Waals surface area contributed by atoms with Crippen molar-refractivity contribution in [1.29, 1.82) is 0 Å². The van der Waals surface area contributed by atoms with E-state index in [9.17, 15) is 19.5 Å². The van der Waals surface area contributed by atoms with Crippen molar-refractivity contribution in [2.75, 3.05) is 13.1 Å². The summed E-state index contributed by atoms with van der Waals surface area (Å²) in [6, 6.07) is 11.2. The Morgan fingerprint density at radius 1 is 1.12 bits per heavy atom. The zero-order valence-corrected chi connectivity index (χ0v) is 26.1. The van der Waals surface area contributed by atoms with E-state index in [0.717, 1.165) is 39.8 Å². The number of amides is 2. The van der Waals surface area contributed by atoms with Crippen LogP contribution in [0.15, 0.2) is 53.3 Å². The topological polar surface area (TPSA) is 105 Å². The van der Waals surface area contributed by atoms with E-state index in [4.69, 9.17) is 4.74 Å². The van der Waals surface area contributed by atoms with Crippen LogP contribution >= 0.6 is 15.9 Å². The molecule has 0 bridgehead atoms. The van der Waals surface area contributed by atoms with Crippen LogP contribution in [0.1, 0.15) is 84.5 Å². The van der Waals surface area contributed by atoms with Crippen molar-refractivity contribution in [2.24, 2.45) is 11.8 Å². The average molecular weight is 650 g/mol. The van der Waals surface area contributed by atoms with Crippen LogP contribution in [0.5, 0.6) is 5.75 Å². The monoisotopic (exact) mass is 648 g/mol. The molecule has 2 amide bonds. The van der Waals surface area contributed by atoms with Gasteiger partial charge < -0.3 is 24.2 Å². The molecule has 1 aliphatic carbocycles. The van der Waals surface area contributed by atoms with Crippen LogP contribution in [-0.2, 0) is 29.2 Å². The summed E-state index contributed by atoms with van der Waals surface area (Å²) in [5.74, 6) is -0.971. The zero-order valence-electron chi connectivity index (χ0n) is 24.5. The van der Waals surface area contributed by atoms with Gasteiger partial charge in [-0.15, -0.1) is 0 Å². The van der Waals surface area contributed by atoms with Crippen molar-refractivity contribution in [2.45, 2.75) is 71.2 Å². The van der Waals surface area contributed by atoms with Crippen molar-refractivity contribution in [3.63, 3.8) is 0 Å². The smallest absolute Gasteiger partial charge is 0.307 e. The standard InChI is InChI=1S/C33H37BrN4O5/c1-20(2)37-16-14-35-29(37)19-43-28-12-11-26(34)25-13-15-38(32(40)23-9-5-6-10-24(23)33(41)42)27(30(25)28)18-36-17-21-7-3-4-8-22(21)31(36)39/h3-4,7-8,11-12,14,16,20,23-24,27H,5-6,9-10,13,15,17-19H2,1-2H3,(H,41,42)/t23-,24+,27-/m1/s1. The Kier molecular flexibility index (Phi) is 8.31.